The Morgan fingerprint density at radius 2 is 0.810 bits per heavy atom. The fourth-order valence-electron chi connectivity index (χ4n) is 1.86. The summed E-state index contributed by atoms with van der Waals surface area (Å²) < 4.78 is 0. The van der Waals surface area contributed by atoms with Crippen LogP contribution in [-0.4, -0.2) is 58.0 Å². The largest absolute Gasteiger partial charge is 2.00 e. The van der Waals surface area contributed by atoms with Gasteiger partial charge in [0.2, 0.25) is 0 Å². The van der Waals surface area contributed by atoms with Gasteiger partial charge in [0.15, 0.2) is 0 Å². The number of hydrogen-bond donors (Lipinski definition) is 2. The molecule has 0 aromatic rings. The predicted octanol–water partition coefficient (Wildman–Crippen LogP) is -7.21. The Balaban J connectivity index is -0.000000602. The molecule has 0 fully saturated rings. The Kier molecular flexibility index (Phi) is 8.45. The van der Waals surface area contributed by atoms with E-state index in [2.05, 4.69) is 0 Å². The van der Waals surface area contributed by atoms with E-state index in [0.717, 1.165) is 0 Å². The van der Waals surface area contributed by atoms with Gasteiger partial charge >= 0.3 is 25.9 Å². The van der Waals surface area contributed by atoms with Gasteiger partial charge in [-0.15, -0.1) is 0 Å². The van der Waals surface area contributed by atoms with Gasteiger partial charge in [-0.3, -0.25) is 0 Å². The van der Waals surface area contributed by atoms with Gasteiger partial charge in [0.1, 0.15) is 0 Å². The van der Waals surface area contributed by atoms with Crippen molar-refractivity contribution in [2.45, 2.75) is 36.8 Å². The van der Waals surface area contributed by atoms with Crippen LogP contribution < -0.4 is 31.9 Å². The second kappa shape index (κ2) is 8.12. The van der Waals surface area contributed by atoms with Crippen LogP contribution in [0.4, 0.5) is 0 Å². The van der Waals surface area contributed by atoms with E-state index in [0.29, 0.717) is 0 Å². The Labute approximate surface area is 138 Å². The molecule has 21 heavy (non-hydrogen) atoms. The minimum absolute atomic E-state index is 0. The molecule has 11 heteroatoms. The fraction of sp³-hybridized carbons (Fsp3) is 0.600. The minimum atomic E-state index is -2.43. The first-order valence-corrected chi connectivity index (χ1v) is 5.29. The summed E-state index contributed by atoms with van der Waals surface area (Å²) in [5.74, 6) is -7.33. The zero-order valence-electron chi connectivity index (χ0n) is 13.0. The molecule has 4 N–H and O–H groups in total. The Morgan fingerprint density at radius 1 is 0.667 bits per heavy atom. The van der Waals surface area contributed by atoms with Gasteiger partial charge in [0.05, 0.1) is 0 Å². The Hall–Kier alpha value is -1.43. The summed E-state index contributed by atoms with van der Waals surface area (Å²) in [6, 6.07) is 0. The SMILES string of the molecule is NC(CC(=O)[O-])(CC(=O)[O-])C(N)(CC(=O)[O-])CC(=O)[O-].[H+].[H+].[Mg+2]. The van der Waals surface area contributed by atoms with Crippen LogP contribution in [0.3, 0.4) is 0 Å². The summed E-state index contributed by atoms with van der Waals surface area (Å²) in [6.07, 6.45) is -4.73. The van der Waals surface area contributed by atoms with E-state index in [9.17, 15) is 39.6 Å². The molecule has 0 aromatic carbocycles. The smallest absolute Gasteiger partial charge is 0.550 e. The molecule has 0 aliphatic rings. The number of rotatable bonds is 9. The molecule has 0 saturated heterocycles. The second-order valence-corrected chi connectivity index (χ2v) is 4.51. The number of aliphatic carboxylic acids is 4. The third-order valence-electron chi connectivity index (χ3n) is 2.83. The second-order valence-electron chi connectivity index (χ2n) is 4.51. The molecule has 0 bridgehead atoms. The number of nitrogens with two attached hydrogens (primary N) is 2. The maximum atomic E-state index is 10.6. The van der Waals surface area contributed by atoms with Gasteiger partial charge in [0.25, 0.3) is 0 Å². The summed E-state index contributed by atoms with van der Waals surface area (Å²) in [7, 11) is 0. The minimum Gasteiger partial charge on any atom is -0.550 e. The first kappa shape index (κ1) is 21.9. The van der Waals surface area contributed by atoms with Crippen molar-refractivity contribution in [3.05, 3.63) is 0 Å². The van der Waals surface area contributed by atoms with E-state index in [1.165, 1.54) is 0 Å². The number of carboxylic acid groups (broad SMARTS) is 4. The average Bonchev–Trinajstić information content (AvgIpc) is 2.10. The summed E-state index contributed by atoms with van der Waals surface area (Å²) in [4.78, 5) is 42.5. The maximum Gasteiger partial charge on any atom is 2.00 e. The van der Waals surface area contributed by atoms with Gasteiger partial charge in [-0.25, -0.2) is 0 Å². The summed E-state index contributed by atoms with van der Waals surface area (Å²) in [5, 5.41) is 42.5. The number of hydrogen-bond acceptors (Lipinski definition) is 10. The third-order valence-corrected chi connectivity index (χ3v) is 2.83. The van der Waals surface area contributed by atoms with Crippen molar-refractivity contribution in [2.24, 2.45) is 11.5 Å². The molecule has 0 atom stereocenters. The van der Waals surface area contributed by atoms with Gasteiger partial charge in [-0.05, 0) is 0 Å². The molecule has 0 unspecified atom stereocenters. The van der Waals surface area contributed by atoms with Crippen LogP contribution in [0.15, 0.2) is 0 Å². The van der Waals surface area contributed by atoms with Crippen LogP contribution in [0.1, 0.15) is 28.5 Å². The Bertz CT molecular complexity index is 377. The van der Waals surface area contributed by atoms with Crippen molar-refractivity contribution >= 4 is 46.9 Å². The molecule has 0 aromatic heterocycles. The van der Waals surface area contributed by atoms with Crippen molar-refractivity contribution in [3.8, 4) is 0 Å². The fourth-order valence-corrected chi connectivity index (χ4v) is 1.86. The molecule has 0 amide bonds. The molecule has 114 valence electrons. The number of carboxylic acids is 4. The van der Waals surface area contributed by atoms with Crippen molar-refractivity contribution < 1.29 is 42.5 Å². The summed E-state index contributed by atoms with van der Waals surface area (Å²) in [6.45, 7) is 0. The molecule has 0 heterocycles. The van der Waals surface area contributed by atoms with Crippen molar-refractivity contribution in [2.75, 3.05) is 0 Å². The molecule has 0 aliphatic carbocycles. The van der Waals surface area contributed by atoms with E-state index in [-0.39, 0.29) is 25.9 Å². The zero-order chi connectivity index (χ0) is 16.1. The monoisotopic (exact) mass is 314 g/mol. The van der Waals surface area contributed by atoms with Crippen molar-refractivity contribution in [1.29, 1.82) is 0 Å². The first-order valence-electron chi connectivity index (χ1n) is 5.29. The normalized spacial score (nSPS) is 11.3. The molecule has 0 rings (SSSR count). The van der Waals surface area contributed by atoms with Crippen molar-refractivity contribution in [3.63, 3.8) is 0 Å². The topological polar surface area (TPSA) is 213 Å². The average molecular weight is 315 g/mol. The first-order chi connectivity index (χ1) is 8.92. The Morgan fingerprint density at radius 3 is 0.905 bits per heavy atom. The quantitative estimate of drug-likeness (QED) is 0.383. The van der Waals surface area contributed by atoms with Crippen LogP contribution in [0, 0.1) is 0 Å². The molecular formula is C10H14MgN2O8. The molecule has 0 saturated carbocycles. The zero-order valence-corrected chi connectivity index (χ0v) is 12.4. The van der Waals surface area contributed by atoms with Crippen LogP contribution in [0.5, 0.6) is 0 Å². The van der Waals surface area contributed by atoms with Gasteiger partial charge in [-0.2, -0.15) is 0 Å². The van der Waals surface area contributed by atoms with Gasteiger partial charge in [-0.1, -0.05) is 0 Å². The third kappa shape index (κ3) is 6.71. The van der Waals surface area contributed by atoms with Crippen LogP contribution >= 0.6 is 0 Å². The molecule has 0 aliphatic heterocycles. The van der Waals surface area contributed by atoms with E-state index in [4.69, 9.17) is 11.5 Å². The maximum absolute atomic E-state index is 10.6. The van der Waals surface area contributed by atoms with Gasteiger partial charge < -0.3 is 51.1 Å². The summed E-state index contributed by atoms with van der Waals surface area (Å²) >= 11 is 0. The van der Waals surface area contributed by atoms with Crippen LogP contribution in [0.25, 0.3) is 0 Å². The summed E-state index contributed by atoms with van der Waals surface area (Å²) in [5.41, 5.74) is 6.20. The molecule has 0 radical (unpaired) electrons. The molecular weight excluding hydrogens is 300 g/mol. The van der Waals surface area contributed by atoms with Gasteiger partial charge in [0, 0.05) is 60.6 Å². The van der Waals surface area contributed by atoms with E-state index < -0.39 is 60.6 Å². The predicted molar refractivity (Wildman–Crippen MR) is 60.3 cm³/mol. The van der Waals surface area contributed by atoms with Crippen molar-refractivity contribution in [1.82, 2.24) is 0 Å². The number of carbonyl (C=O) groups excluding carboxylic acids is 4. The standard InChI is InChI=1S/C10H16N2O8.Mg/c11-9(1-5(13)14,2-6(15)16)10(12,3-7(17)18)4-8(19)20;/h1-4,11-12H2,(H,13,14)(H,15,16)(H,17,18)(H,19,20);/q;+2/p-2. The molecule has 10 nitrogen and oxygen atoms in total. The van der Waals surface area contributed by atoms with Crippen LogP contribution in [0.2, 0.25) is 0 Å². The molecule has 0 spiro atoms. The number of carbonyl (C=O) groups is 4. The van der Waals surface area contributed by atoms with Crippen LogP contribution in [-0.2, 0) is 19.2 Å². The van der Waals surface area contributed by atoms with E-state index in [1.54, 1.807) is 0 Å². The van der Waals surface area contributed by atoms with E-state index in [1.807, 2.05) is 0 Å². The van der Waals surface area contributed by atoms with E-state index >= 15 is 0 Å².